The van der Waals surface area contributed by atoms with Crippen LogP contribution in [0.25, 0.3) is 11.2 Å². The Morgan fingerprint density at radius 1 is 1.26 bits per heavy atom. The topological polar surface area (TPSA) is 294 Å². The van der Waals surface area contributed by atoms with Crippen molar-refractivity contribution in [3.05, 3.63) is 16.7 Å². The number of anilines is 1. The maximum Gasteiger partial charge on any atom is 0.490 e. The summed E-state index contributed by atoms with van der Waals surface area (Å²) in [6.45, 7) is 0.627. The van der Waals surface area contributed by atoms with Gasteiger partial charge >= 0.3 is 29.6 Å². The highest BCUT2D eigenvalue weighted by Crippen LogP contribution is 2.66. The zero-order chi connectivity index (χ0) is 28.6. The number of hydrogen-bond donors (Lipinski definition) is 7. The summed E-state index contributed by atoms with van der Waals surface area (Å²) < 4.78 is 57.9. The van der Waals surface area contributed by atoms with E-state index in [4.69, 9.17) is 25.0 Å². The van der Waals surface area contributed by atoms with Crippen LogP contribution in [0.4, 0.5) is 10.7 Å². The largest absolute Gasteiger partial charge is 0.490 e. The minimum atomic E-state index is -5.73. The summed E-state index contributed by atoms with van der Waals surface area (Å²) in [6.07, 6.45) is -4.62. The first-order valence-corrected chi connectivity index (χ1v) is 15.3. The summed E-state index contributed by atoms with van der Waals surface area (Å²) >= 11 is 3.98. The van der Waals surface area contributed by atoms with Gasteiger partial charge in [0.1, 0.15) is 18.4 Å². The van der Waals surface area contributed by atoms with E-state index in [1.165, 1.54) is 11.5 Å². The highest BCUT2D eigenvalue weighted by molar-refractivity contribution is 7.80. The molecule has 0 aliphatic carbocycles. The summed E-state index contributed by atoms with van der Waals surface area (Å²) in [6, 6.07) is 0. The molecule has 214 valence electrons. The first kappa shape index (κ1) is 30.8. The van der Waals surface area contributed by atoms with Gasteiger partial charge in [-0.1, -0.05) is 0 Å². The number of aromatic nitrogens is 4. The second-order valence-electron chi connectivity index (χ2n) is 7.63. The number of nitrogens with zero attached hydrogens (tertiary/aromatic N) is 4. The molecule has 3 heterocycles. The lowest BCUT2D eigenvalue weighted by Gasteiger charge is -2.19. The van der Waals surface area contributed by atoms with E-state index >= 15 is 0 Å². The molecule has 6 atom stereocenters. The molecule has 1 saturated heterocycles. The van der Waals surface area contributed by atoms with Crippen LogP contribution in [-0.2, 0) is 36.3 Å². The molecule has 0 bridgehead atoms. The Labute approximate surface area is 217 Å². The summed E-state index contributed by atoms with van der Waals surface area (Å²) in [5.41, 5.74) is 4.39. The van der Waals surface area contributed by atoms with Crippen molar-refractivity contribution in [2.75, 3.05) is 18.1 Å². The molecule has 0 aromatic carbocycles. The fourth-order valence-corrected chi connectivity index (χ4v) is 6.25. The van der Waals surface area contributed by atoms with Crippen molar-refractivity contribution in [1.82, 2.24) is 19.1 Å². The first-order valence-electron chi connectivity index (χ1n) is 10.1. The Balaban J connectivity index is 1.74. The third-order valence-corrected chi connectivity index (χ3v) is 9.01. The van der Waals surface area contributed by atoms with Crippen molar-refractivity contribution in [3.63, 3.8) is 0 Å². The highest BCUT2D eigenvalue weighted by Gasteiger charge is 2.43. The van der Waals surface area contributed by atoms with Crippen LogP contribution < -0.4 is 11.3 Å². The molecule has 0 amide bonds. The number of aliphatic hydroxyl groups is 1. The van der Waals surface area contributed by atoms with Crippen LogP contribution in [0.1, 0.15) is 19.6 Å². The standard InChI is InChI=1S/C14H22N5O15P3S/c1-6(4-38)31-14(22)19-12(21)10-11(17-13(19)15)18(5-16-10)9-2-7(20)8(32-9)3-30-36(26,27)34-37(28,29)33-35(23,24)25/h5-9,20,38H,2-4H2,1H3,(H2,15,17)(H,26,27)(H,28,29)(H2,23,24,25). The van der Waals surface area contributed by atoms with Gasteiger partial charge in [0.25, 0.3) is 5.56 Å². The quantitative estimate of drug-likeness (QED) is 0.129. The Bertz CT molecular complexity index is 1410. The van der Waals surface area contributed by atoms with Gasteiger partial charge in [0.05, 0.1) is 19.0 Å². The van der Waals surface area contributed by atoms with E-state index in [-0.39, 0.29) is 23.3 Å². The van der Waals surface area contributed by atoms with E-state index < -0.39 is 72.2 Å². The molecule has 38 heavy (non-hydrogen) atoms. The fourth-order valence-electron chi connectivity index (χ4n) is 3.14. The number of imidazole rings is 1. The summed E-state index contributed by atoms with van der Waals surface area (Å²) in [4.78, 5) is 68.9. The van der Waals surface area contributed by atoms with Crippen LogP contribution in [-0.4, -0.2) is 80.5 Å². The maximum absolute atomic E-state index is 12.8. The van der Waals surface area contributed by atoms with Gasteiger partial charge in [-0.3, -0.25) is 13.9 Å². The van der Waals surface area contributed by atoms with Crippen LogP contribution in [0.15, 0.2) is 11.1 Å². The molecule has 2 aromatic rings. The van der Waals surface area contributed by atoms with E-state index in [0.717, 1.165) is 6.33 Å². The van der Waals surface area contributed by atoms with Gasteiger partial charge in [-0.2, -0.15) is 30.8 Å². The fraction of sp³-hybridized carbons (Fsp3) is 0.571. The minimum Gasteiger partial charge on any atom is -0.445 e. The number of nitrogen functional groups attached to an aromatic ring is 1. The van der Waals surface area contributed by atoms with Crippen molar-refractivity contribution in [1.29, 1.82) is 0 Å². The smallest absolute Gasteiger partial charge is 0.445 e. The van der Waals surface area contributed by atoms with E-state index in [1.807, 2.05) is 0 Å². The van der Waals surface area contributed by atoms with Crippen molar-refractivity contribution in [2.45, 2.75) is 37.9 Å². The van der Waals surface area contributed by atoms with Crippen LogP contribution in [0.3, 0.4) is 0 Å². The zero-order valence-electron chi connectivity index (χ0n) is 19.0. The molecular weight excluding hydrogens is 603 g/mol. The lowest BCUT2D eigenvalue weighted by Crippen LogP contribution is -2.33. The number of phosphoric acid groups is 3. The van der Waals surface area contributed by atoms with Crippen LogP contribution in [0, 0.1) is 0 Å². The van der Waals surface area contributed by atoms with E-state index in [9.17, 15) is 38.2 Å². The maximum atomic E-state index is 12.8. The number of nitrogens with two attached hydrogens (primary N) is 1. The summed E-state index contributed by atoms with van der Waals surface area (Å²) in [5, 5.41) is 10.3. The monoisotopic (exact) mass is 625 g/mol. The van der Waals surface area contributed by atoms with Crippen molar-refractivity contribution in [3.8, 4) is 0 Å². The van der Waals surface area contributed by atoms with Gasteiger partial charge in [-0.25, -0.2) is 23.5 Å². The van der Waals surface area contributed by atoms with Crippen molar-refractivity contribution >= 4 is 59.3 Å². The van der Waals surface area contributed by atoms with Gasteiger partial charge < -0.3 is 39.9 Å². The summed E-state index contributed by atoms with van der Waals surface area (Å²) in [5.74, 6) is -0.363. The Morgan fingerprint density at radius 2 is 1.92 bits per heavy atom. The number of carbonyl (C=O) groups is 1. The van der Waals surface area contributed by atoms with E-state index in [2.05, 4.69) is 35.7 Å². The highest BCUT2D eigenvalue weighted by atomic mass is 32.1. The van der Waals surface area contributed by atoms with E-state index in [0.29, 0.717) is 4.57 Å². The molecule has 0 saturated carbocycles. The number of phosphoric ester groups is 1. The van der Waals surface area contributed by atoms with Crippen LogP contribution in [0.2, 0.25) is 0 Å². The lowest BCUT2D eigenvalue weighted by atomic mass is 10.2. The lowest BCUT2D eigenvalue weighted by molar-refractivity contribution is -0.0423. The number of carbonyl (C=O) groups excluding carboxylic acids is 1. The molecule has 2 aromatic heterocycles. The molecule has 1 aliphatic rings. The number of thiol groups is 1. The van der Waals surface area contributed by atoms with Crippen LogP contribution in [0.5, 0.6) is 0 Å². The minimum absolute atomic E-state index is 0.135. The number of aliphatic hydroxyl groups excluding tert-OH is 1. The molecule has 6 unspecified atom stereocenters. The molecule has 3 rings (SSSR count). The molecule has 0 radical (unpaired) electrons. The Kier molecular flexibility index (Phi) is 9.27. The molecule has 0 spiro atoms. The number of fused-ring (bicyclic) bond motifs is 1. The van der Waals surface area contributed by atoms with Crippen molar-refractivity contribution in [2.24, 2.45) is 0 Å². The second-order valence-corrected chi connectivity index (χ2v) is 12.4. The third kappa shape index (κ3) is 7.48. The molecule has 24 heteroatoms. The molecule has 1 aliphatic heterocycles. The molecular formula is C14H22N5O15P3S. The SMILES string of the molecule is CC(CS)OC(=O)n1c(N)nc2c(ncn2C2CC(O)C(COP(=O)(O)OP(=O)(O)OP(=O)(O)O)O2)c1=O. The average molecular weight is 625 g/mol. The van der Waals surface area contributed by atoms with Gasteiger partial charge in [0.2, 0.25) is 5.95 Å². The number of hydrogen-bond acceptors (Lipinski definition) is 15. The second kappa shape index (κ2) is 11.4. The molecule has 1 fully saturated rings. The Morgan fingerprint density at radius 3 is 2.53 bits per heavy atom. The first-order chi connectivity index (χ1) is 17.4. The normalized spacial score (nSPS) is 24.1. The molecule has 7 N–H and O–H groups in total. The summed E-state index contributed by atoms with van der Waals surface area (Å²) in [7, 11) is -16.7. The van der Waals surface area contributed by atoms with Gasteiger partial charge in [-0.15, -0.1) is 0 Å². The van der Waals surface area contributed by atoms with E-state index in [1.54, 1.807) is 0 Å². The third-order valence-electron chi connectivity index (χ3n) is 4.70. The predicted molar refractivity (Wildman–Crippen MR) is 126 cm³/mol. The van der Waals surface area contributed by atoms with Gasteiger partial charge in [0, 0.05) is 12.2 Å². The average Bonchev–Trinajstić information content (AvgIpc) is 3.32. The van der Waals surface area contributed by atoms with Crippen LogP contribution >= 0.6 is 36.1 Å². The van der Waals surface area contributed by atoms with Crippen molar-refractivity contribution < 1.29 is 65.8 Å². The zero-order valence-corrected chi connectivity index (χ0v) is 22.6. The van der Waals surface area contributed by atoms with Gasteiger partial charge in [-0.05, 0) is 6.92 Å². The number of rotatable bonds is 10. The predicted octanol–water partition coefficient (Wildman–Crippen LogP) is -0.530. The Hall–Kier alpha value is -1.70. The number of ether oxygens (including phenoxy) is 2. The van der Waals surface area contributed by atoms with Gasteiger partial charge in [0.15, 0.2) is 11.2 Å². The molecule has 20 nitrogen and oxygen atoms in total.